The molecule has 0 radical (unpaired) electrons. The summed E-state index contributed by atoms with van der Waals surface area (Å²) in [5.74, 6) is -1.52. The van der Waals surface area contributed by atoms with Gasteiger partial charge < -0.3 is 23.8 Å². The van der Waals surface area contributed by atoms with Crippen molar-refractivity contribution >= 4 is 22.9 Å². The highest BCUT2D eigenvalue weighted by atomic mass is 16.5. The summed E-state index contributed by atoms with van der Waals surface area (Å²) in [6.45, 7) is 3.51. The number of carboxylic acids is 2. The summed E-state index contributed by atoms with van der Waals surface area (Å²) < 4.78 is 16.3. The van der Waals surface area contributed by atoms with Gasteiger partial charge in [-0.3, -0.25) is 4.79 Å². The van der Waals surface area contributed by atoms with Crippen LogP contribution in [0.1, 0.15) is 39.4 Å². The maximum atomic E-state index is 12.3. The SMILES string of the molecule is Cc1c(CCC(=O)O)c(=O)oc2c(C)c(OCc3ccc(C(=O)O)o3)ccc12. The normalized spacial score (nSPS) is 10.9. The number of hydrogen-bond acceptors (Lipinski definition) is 6. The first-order valence-corrected chi connectivity index (χ1v) is 8.50. The molecule has 2 aromatic heterocycles. The number of aryl methyl sites for hydroxylation is 2. The second-order valence-electron chi connectivity index (χ2n) is 6.31. The first kappa shape index (κ1) is 19.2. The van der Waals surface area contributed by atoms with Gasteiger partial charge >= 0.3 is 17.6 Å². The molecule has 2 heterocycles. The lowest BCUT2D eigenvalue weighted by atomic mass is 10.0. The molecule has 0 amide bonds. The summed E-state index contributed by atoms with van der Waals surface area (Å²) in [5, 5.41) is 18.4. The number of aliphatic carboxylic acids is 1. The second-order valence-corrected chi connectivity index (χ2v) is 6.31. The molecule has 0 aliphatic heterocycles. The number of aromatic carboxylic acids is 1. The van der Waals surface area contributed by atoms with E-state index in [1.807, 2.05) is 0 Å². The zero-order chi connectivity index (χ0) is 20.4. The summed E-state index contributed by atoms with van der Waals surface area (Å²) in [6, 6.07) is 6.31. The molecule has 3 rings (SSSR count). The van der Waals surface area contributed by atoms with E-state index in [-0.39, 0.29) is 25.2 Å². The Kier molecular flexibility index (Phi) is 5.21. The molecule has 0 aliphatic rings. The van der Waals surface area contributed by atoms with Crippen LogP contribution in [0.3, 0.4) is 0 Å². The van der Waals surface area contributed by atoms with Crippen LogP contribution in [0.5, 0.6) is 5.75 Å². The minimum atomic E-state index is -1.16. The molecular formula is C20H18O8. The lowest BCUT2D eigenvalue weighted by molar-refractivity contribution is -0.136. The monoisotopic (exact) mass is 386 g/mol. The summed E-state index contributed by atoms with van der Waals surface area (Å²) in [7, 11) is 0. The Bertz CT molecular complexity index is 1120. The van der Waals surface area contributed by atoms with Crippen molar-refractivity contribution in [1.82, 2.24) is 0 Å². The molecule has 0 atom stereocenters. The van der Waals surface area contributed by atoms with Crippen LogP contribution in [-0.2, 0) is 17.8 Å². The van der Waals surface area contributed by atoms with Crippen LogP contribution in [0, 0.1) is 13.8 Å². The Morgan fingerprint density at radius 3 is 2.43 bits per heavy atom. The van der Waals surface area contributed by atoms with Crippen molar-refractivity contribution in [2.75, 3.05) is 0 Å². The third-order valence-electron chi connectivity index (χ3n) is 4.49. The molecule has 0 saturated heterocycles. The van der Waals surface area contributed by atoms with E-state index in [4.69, 9.17) is 23.8 Å². The van der Waals surface area contributed by atoms with Crippen molar-refractivity contribution < 1.29 is 33.4 Å². The zero-order valence-electron chi connectivity index (χ0n) is 15.3. The molecule has 28 heavy (non-hydrogen) atoms. The van der Waals surface area contributed by atoms with E-state index in [9.17, 15) is 14.4 Å². The van der Waals surface area contributed by atoms with Gasteiger partial charge in [-0.1, -0.05) is 0 Å². The number of carboxylic acid groups (broad SMARTS) is 2. The van der Waals surface area contributed by atoms with Gasteiger partial charge in [0.2, 0.25) is 5.76 Å². The average molecular weight is 386 g/mol. The van der Waals surface area contributed by atoms with E-state index in [1.54, 1.807) is 26.0 Å². The van der Waals surface area contributed by atoms with E-state index >= 15 is 0 Å². The topological polar surface area (TPSA) is 127 Å². The maximum Gasteiger partial charge on any atom is 0.371 e. The van der Waals surface area contributed by atoms with Gasteiger partial charge in [0.1, 0.15) is 23.7 Å². The number of carbonyl (C=O) groups is 2. The van der Waals surface area contributed by atoms with E-state index in [1.165, 1.54) is 12.1 Å². The molecule has 0 aliphatic carbocycles. The number of hydrogen-bond donors (Lipinski definition) is 2. The summed E-state index contributed by atoms with van der Waals surface area (Å²) in [6.07, 6.45) is -0.0556. The van der Waals surface area contributed by atoms with Gasteiger partial charge in [-0.05, 0) is 50.1 Å². The lowest BCUT2D eigenvalue weighted by Gasteiger charge is -2.12. The molecule has 0 spiro atoms. The molecule has 8 nitrogen and oxygen atoms in total. The summed E-state index contributed by atoms with van der Waals surface area (Å²) >= 11 is 0. The average Bonchev–Trinajstić information content (AvgIpc) is 3.11. The predicted molar refractivity (Wildman–Crippen MR) is 97.9 cm³/mol. The highest BCUT2D eigenvalue weighted by Crippen LogP contribution is 2.30. The fourth-order valence-corrected chi connectivity index (χ4v) is 2.97. The molecule has 0 unspecified atom stereocenters. The van der Waals surface area contributed by atoms with Gasteiger partial charge in [0.25, 0.3) is 0 Å². The molecule has 0 bridgehead atoms. The molecule has 2 N–H and O–H groups in total. The molecule has 146 valence electrons. The Morgan fingerprint density at radius 2 is 1.79 bits per heavy atom. The van der Waals surface area contributed by atoms with Crippen molar-refractivity contribution in [1.29, 1.82) is 0 Å². The maximum absolute atomic E-state index is 12.3. The minimum absolute atomic E-state index is 0.0134. The number of benzene rings is 1. The van der Waals surface area contributed by atoms with E-state index in [0.29, 0.717) is 39.2 Å². The zero-order valence-corrected chi connectivity index (χ0v) is 15.3. The van der Waals surface area contributed by atoms with Crippen LogP contribution >= 0.6 is 0 Å². The number of fused-ring (bicyclic) bond motifs is 1. The Hall–Kier alpha value is -3.55. The standard InChI is InChI=1S/C20H18O8/c1-10-13-4-7-15(26-9-12-3-6-16(27-12)19(23)24)11(2)18(13)28-20(25)14(10)5-8-17(21)22/h3-4,6-7H,5,8-9H2,1-2H3,(H,21,22)(H,23,24). The first-order valence-electron chi connectivity index (χ1n) is 8.50. The predicted octanol–water partition coefficient (Wildman–Crippen LogP) is 3.30. The van der Waals surface area contributed by atoms with Gasteiger partial charge in [0, 0.05) is 22.9 Å². The Balaban J connectivity index is 1.90. The largest absolute Gasteiger partial charge is 0.485 e. The van der Waals surface area contributed by atoms with Gasteiger partial charge in [-0.25, -0.2) is 9.59 Å². The smallest absolute Gasteiger partial charge is 0.371 e. The Labute approximate surface area is 159 Å². The lowest BCUT2D eigenvalue weighted by Crippen LogP contribution is -2.12. The Morgan fingerprint density at radius 1 is 1.04 bits per heavy atom. The van der Waals surface area contributed by atoms with Crippen molar-refractivity contribution in [3.8, 4) is 5.75 Å². The molecule has 3 aromatic rings. The van der Waals surface area contributed by atoms with Crippen LogP contribution in [0.15, 0.2) is 37.9 Å². The fraction of sp³-hybridized carbons (Fsp3) is 0.250. The third kappa shape index (κ3) is 3.75. The quantitative estimate of drug-likeness (QED) is 0.592. The van der Waals surface area contributed by atoms with Crippen LogP contribution in [0.25, 0.3) is 11.0 Å². The van der Waals surface area contributed by atoms with Crippen LogP contribution in [0.2, 0.25) is 0 Å². The molecular weight excluding hydrogens is 368 g/mol. The highest BCUT2D eigenvalue weighted by molar-refractivity contribution is 5.86. The van der Waals surface area contributed by atoms with Gasteiger partial charge in [-0.15, -0.1) is 0 Å². The molecule has 0 fully saturated rings. The van der Waals surface area contributed by atoms with Crippen molar-refractivity contribution in [2.45, 2.75) is 33.3 Å². The van der Waals surface area contributed by atoms with Crippen molar-refractivity contribution in [3.63, 3.8) is 0 Å². The minimum Gasteiger partial charge on any atom is -0.485 e. The van der Waals surface area contributed by atoms with Crippen LogP contribution in [-0.4, -0.2) is 22.2 Å². The van der Waals surface area contributed by atoms with Gasteiger partial charge in [0.05, 0.1) is 0 Å². The van der Waals surface area contributed by atoms with Gasteiger partial charge in [0.15, 0.2) is 0 Å². The van der Waals surface area contributed by atoms with Gasteiger partial charge in [-0.2, -0.15) is 0 Å². The summed E-state index contributed by atoms with van der Waals surface area (Å²) in [5.41, 5.74) is 1.43. The number of ether oxygens (including phenoxy) is 1. The summed E-state index contributed by atoms with van der Waals surface area (Å²) in [4.78, 5) is 34.0. The van der Waals surface area contributed by atoms with Crippen molar-refractivity contribution in [3.05, 3.63) is 62.9 Å². The van der Waals surface area contributed by atoms with Crippen LogP contribution in [0.4, 0.5) is 0 Å². The number of furan rings is 1. The molecule has 1 aromatic carbocycles. The van der Waals surface area contributed by atoms with E-state index < -0.39 is 17.6 Å². The van der Waals surface area contributed by atoms with E-state index in [0.717, 1.165) is 0 Å². The fourth-order valence-electron chi connectivity index (χ4n) is 2.97. The van der Waals surface area contributed by atoms with E-state index in [2.05, 4.69) is 0 Å². The second kappa shape index (κ2) is 7.59. The molecule has 0 saturated carbocycles. The highest BCUT2D eigenvalue weighted by Gasteiger charge is 2.16. The third-order valence-corrected chi connectivity index (χ3v) is 4.49. The first-order chi connectivity index (χ1) is 13.3. The van der Waals surface area contributed by atoms with Crippen LogP contribution < -0.4 is 10.4 Å². The number of rotatable bonds is 7. The molecule has 8 heteroatoms. The van der Waals surface area contributed by atoms with Crippen molar-refractivity contribution in [2.24, 2.45) is 0 Å².